The van der Waals surface area contributed by atoms with E-state index in [2.05, 4.69) is 0 Å². The molecule has 0 fully saturated rings. The van der Waals surface area contributed by atoms with Gasteiger partial charge in [-0.1, -0.05) is 6.07 Å². The molecule has 1 amide bonds. The zero-order valence-corrected chi connectivity index (χ0v) is 12.2. The fraction of sp³-hybridized carbons (Fsp3) is 0.294. The first-order valence-corrected chi connectivity index (χ1v) is 7.39. The van der Waals surface area contributed by atoms with Crippen LogP contribution in [0.25, 0.3) is 0 Å². The van der Waals surface area contributed by atoms with Gasteiger partial charge in [0.2, 0.25) is 5.91 Å². The van der Waals surface area contributed by atoms with E-state index in [4.69, 9.17) is 0 Å². The van der Waals surface area contributed by atoms with E-state index in [1.165, 1.54) is 22.8 Å². The third kappa shape index (κ3) is 2.93. The molecule has 0 aliphatic carbocycles. The van der Waals surface area contributed by atoms with Gasteiger partial charge in [0.05, 0.1) is 0 Å². The maximum atomic E-state index is 13.3. The van der Waals surface area contributed by atoms with Crippen molar-refractivity contribution in [3.63, 3.8) is 0 Å². The molecule has 22 heavy (non-hydrogen) atoms. The number of amides is 1. The molecule has 4 nitrogen and oxygen atoms in total. The number of benzene rings is 1. The largest absolute Gasteiger partial charge is 0.315 e. The zero-order valence-electron chi connectivity index (χ0n) is 12.2. The molecular formula is C17H17FN2O2. The molecule has 1 aromatic heterocycles. The van der Waals surface area contributed by atoms with E-state index in [-0.39, 0.29) is 23.7 Å². The number of halogens is 1. The number of aromatic nitrogens is 1. The van der Waals surface area contributed by atoms with E-state index < -0.39 is 0 Å². The number of hydrogen-bond acceptors (Lipinski definition) is 2. The first-order chi connectivity index (χ1) is 10.6. The monoisotopic (exact) mass is 300 g/mol. The predicted octanol–water partition coefficient (Wildman–Crippen LogP) is 2.36. The summed E-state index contributed by atoms with van der Waals surface area (Å²) in [7, 11) is 0. The second-order valence-electron chi connectivity index (χ2n) is 5.40. The molecule has 2 heterocycles. The lowest BCUT2D eigenvalue weighted by atomic mass is 10.0. The van der Waals surface area contributed by atoms with Crippen LogP contribution in [0.3, 0.4) is 0 Å². The van der Waals surface area contributed by atoms with Crippen molar-refractivity contribution in [1.29, 1.82) is 0 Å². The Labute approximate surface area is 127 Å². The van der Waals surface area contributed by atoms with Crippen LogP contribution < -0.4 is 10.5 Å². The predicted molar refractivity (Wildman–Crippen MR) is 82.4 cm³/mol. The zero-order chi connectivity index (χ0) is 15.5. The average molecular weight is 300 g/mol. The van der Waals surface area contributed by atoms with Crippen molar-refractivity contribution in [3.05, 3.63) is 64.3 Å². The highest BCUT2D eigenvalue weighted by molar-refractivity contribution is 5.94. The van der Waals surface area contributed by atoms with E-state index in [1.54, 1.807) is 29.3 Å². The minimum absolute atomic E-state index is 0.0386. The topological polar surface area (TPSA) is 42.3 Å². The molecule has 114 valence electrons. The van der Waals surface area contributed by atoms with Crippen molar-refractivity contribution in [2.75, 3.05) is 11.4 Å². The first-order valence-electron chi connectivity index (χ1n) is 7.39. The molecule has 0 saturated heterocycles. The van der Waals surface area contributed by atoms with Crippen molar-refractivity contribution in [1.82, 2.24) is 4.57 Å². The lowest BCUT2D eigenvalue weighted by Gasteiger charge is -2.29. The van der Waals surface area contributed by atoms with E-state index in [1.807, 2.05) is 0 Å². The molecule has 0 atom stereocenters. The van der Waals surface area contributed by atoms with E-state index >= 15 is 0 Å². The van der Waals surface area contributed by atoms with Gasteiger partial charge in [-0.15, -0.1) is 0 Å². The Kier molecular flexibility index (Phi) is 4.04. The van der Waals surface area contributed by atoms with Gasteiger partial charge in [0.25, 0.3) is 5.56 Å². The molecular weight excluding hydrogens is 283 g/mol. The van der Waals surface area contributed by atoms with Crippen LogP contribution in [0.2, 0.25) is 0 Å². The van der Waals surface area contributed by atoms with Gasteiger partial charge >= 0.3 is 0 Å². The van der Waals surface area contributed by atoms with Crippen molar-refractivity contribution in [2.24, 2.45) is 0 Å². The molecule has 3 rings (SSSR count). The van der Waals surface area contributed by atoms with E-state index in [0.717, 1.165) is 24.1 Å². The van der Waals surface area contributed by atoms with Crippen LogP contribution in [0.1, 0.15) is 18.4 Å². The average Bonchev–Trinajstić information content (AvgIpc) is 2.53. The summed E-state index contributed by atoms with van der Waals surface area (Å²) in [5.41, 5.74) is 1.55. The lowest BCUT2D eigenvalue weighted by molar-refractivity contribution is -0.118. The van der Waals surface area contributed by atoms with Crippen LogP contribution in [0.4, 0.5) is 10.1 Å². The normalized spacial score (nSPS) is 13.8. The molecule has 2 aromatic rings. The molecule has 0 unspecified atom stereocenters. The van der Waals surface area contributed by atoms with Gasteiger partial charge in [0.15, 0.2) is 0 Å². The number of pyridine rings is 1. The van der Waals surface area contributed by atoms with Crippen molar-refractivity contribution < 1.29 is 9.18 Å². The summed E-state index contributed by atoms with van der Waals surface area (Å²) in [6, 6.07) is 9.46. The molecule has 1 aliphatic rings. The fourth-order valence-corrected chi connectivity index (χ4v) is 2.82. The molecule has 5 heteroatoms. The van der Waals surface area contributed by atoms with Gasteiger partial charge in [-0.05, 0) is 42.7 Å². The number of carbonyl (C=O) groups excluding carboxylic acids is 1. The Morgan fingerprint density at radius 2 is 2.09 bits per heavy atom. The van der Waals surface area contributed by atoms with Crippen LogP contribution in [0.5, 0.6) is 0 Å². The third-order valence-electron chi connectivity index (χ3n) is 3.93. The number of carbonyl (C=O) groups is 1. The van der Waals surface area contributed by atoms with Gasteiger partial charge in [-0.25, -0.2) is 4.39 Å². The Balaban J connectivity index is 1.74. The number of aryl methyl sites for hydroxylation is 2. The summed E-state index contributed by atoms with van der Waals surface area (Å²) in [6.07, 6.45) is 3.54. The quantitative estimate of drug-likeness (QED) is 0.873. The standard InChI is InChI=1S/C17H17FN2O2/c18-14-6-7-15-13(12-14)4-3-10-20(15)17(22)8-11-19-9-2-1-5-16(19)21/h1-2,5-7,9,12H,3-4,8,10-11H2. The van der Waals surface area contributed by atoms with Crippen LogP contribution in [0.15, 0.2) is 47.4 Å². The molecule has 1 aromatic carbocycles. The minimum atomic E-state index is -0.274. The summed E-state index contributed by atoms with van der Waals surface area (Å²) in [5, 5.41) is 0. The second-order valence-corrected chi connectivity index (χ2v) is 5.40. The minimum Gasteiger partial charge on any atom is -0.315 e. The van der Waals surface area contributed by atoms with Crippen molar-refractivity contribution >= 4 is 11.6 Å². The maximum Gasteiger partial charge on any atom is 0.250 e. The Morgan fingerprint density at radius 1 is 1.23 bits per heavy atom. The molecule has 0 saturated carbocycles. The fourth-order valence-electron chi connectivity index (χ4n) is 2.82. The van der Waals surface area contributed by atoms with Gasteiger partial charge in [0, 0.05) is 37.5 Å². The smallest absolute Gasteiger partial charge is 0.250 e. The summed E-state index contributed by atoms with van der Waals surface area (Å²) >= 11 is 0. The summed E-state index contributed by atoms with van der Waals surface area (Å²) in [4.78, 5) is 25.8. The first kappa shape index (κ1) is 14.5. The highest BCUT2D eigenvalue weighted by Gasteiger charge is 2.22. The van der Waals surface area contributed by atoms with Crippen LogP contribution in [-0.2, 0) is 17.8 Å². The van der Waals surface area contributed by atoms with Crippen molar-refractivity contribution in [2.45, 2.75) is 25.8 Å². The number of fused-ring (bicyclic) bond motifs is 1. The number of hydrogen-bond donors (Lipinski definition) is 0. The number of anilines is 1. The molecule has 0 radical (unpaired) electrons. The summed E-state index contributed by atoms with van der Waals surface area (Å²) in [6.45, 7) is 0.993. The summed E-state index contributed by atoms with van der Waals surface area (Å²) in [5.74, 6) is -0.313. The lowest BCUT2D eigenvalue weighted by Crippen LogP contribution is -2.36. The molecule has 0 bridgehead atoms. The van der Waals surface area contributed by atoms with E-state index in [9.17, 15) is 14.0 Å². The Morgan fingerprint density at radius 3 is 2.91 bits per heavy atom. The Hall–Kier alpha value is -2.43. The number of nitrogens with zero attached hydrogens (tertiary/aromatic N) is 2. The van der Waals surface area contributed by atoms with Gasteiger partial charge < -0.3 is 9.47 Å². The van der Waals surface area contributed by atoms with Gasteiger partial charge in [0.1, 0.15) is 5.82 Å². The SMILES string of the molecule is O=C(CCn1ccccc1=O)N1CCCc2cc(F)ccc21. The molecule has 0 N–H and O–H groups in total. The van der Waals surface area contributed by atoms with Gasteiger partial charge in [-0.2, -0.15) is 0 Å². The van der Waals surface area contributed by atoms with Crippen LogP contribution >= 0.6 is 0 Å². The summed E-state index contributed by atoms with van der Waals surface area (Å²) < 4.78 is 14.8. The van der Waals surface area contributed by atoms with Gasteiger partial charge in [-0.3, -0.25) is 9.59 Å². The number of rotatable bonds is 3. The Bertz CT molecular complexity index is 754. The highest BCUT2D eigenvalue weighted by Crippen LogP contribution is 2.28. The van der Waals surface area contributed by atoms with Crippen molar-refractivity contribution in [3.8, 4) is 0 Å². The molecule has 0 spiro atoms. The highest BCUT2D eigenvalue weighted by atomic mass is 19.1. The van der Waals surface area contributed by atoms with Crippen LogP contribution in [-0.4, -0.2) is 17.0 Å². The second kappa shape index (κ2) is 6.13. The maximum absolute atomic E-state index is 13.3. The third-order valence-corrected chi connectivity index (χ3v) is 3.93. The van der Waals surface area contributed by atoms with Crippen LogP contribution in [0, 0.1) is 5.82 Å². The molecule has 1 aliphatic heterocycles. The van der Waals surface area contributed by atoms with E-state index in [0.29, 0.717) is 13.1 Å².